The summed E-state index contributed by atoms with van der Waals surface area (Å²) in [5.74, 6) is 0. The fourth-order valence-corrected chi connectivity index (χ4v) is 3.85. The molecule has 0 heterocycles. The molecule has 86 valence electrons. The number of hydrogen-bond acceptors (Lipinski definition) is 1. The second-order valence-corrected chi connectivity index (χ2v) is 10.6. The Morgan fingerprint density at radius 1 is 1.06 bits per heavy atom. The second-order valence-electron chi connectivity index (χ2n) is 5.49. The summed E-state index contributed by atoms with van der Waals surface area (Å²) in [5.41, 5.74) is 2.83. The zero-order chi connectivity index (χ0) is 11.6. The molecule has 0 atom stereocenters. The van der Waals surface area contributed by atoms with Crippen molar-refractivity contribution in [1.29, 1.82) is 0 Å². The van der Waals surface area contributed by atoms with Crippen molar-refractivity contribution in [2.24, 2.45) is 0 Å². The summed E-state index contributed by atoms with van der Waals surface area (Å²) in [6, 6.07) is 10.4. The van der Waals surface area contributed by atoms with E-state index in [4.69, 9.17) is 4.74 Å². The monoisotopic (exact) mass is 232 g/mol. The average Bonchev–Trinajstić information content (AvgIpc) is 2.98. The van der Waals surface area contributed by atoms with Crippen molar-refractivity contribution in [3.8, 4) is 0 Å². The van der Waals surface area contributed by atoms with Gasteiger partial charge in [-0.3, -0.25) is 0 Å². The first-order chi connectivity index (χ1) is 7.57. The molecule has 1 aliphatic rings. The van der Waals surface area contributed by atoms with Gasteiger partial charge in [-0.2, -0.15) is 0 Å². The fraction of sp³-hybridized carbons (Fsp3) is 0.429. The number of hydrogen-bond donors (Lipinski definition) is 0. The zero-order valence-electron chi connectivity index (χ0n) is 10.4. The Balaban J connectivity index is 1.77. The van der Waals surface area contributed by atoms with Crippen LogP contribution in [0.4, 0.5) is 0 Å². The highest BCUT2D eigenvalue weighted by Gasteiger charge is 2.32. The minimum absolute atomic E-state index is 0.739. The summed E-state index contributed by atoms with van der Waals surface area (Å²) in [6.07, 6.45) is 1.24. The van der Waals surface area contributed by atoms with E-state index in [1.807, 2.05) is 6.07 Å². The van der Waals surface area contributed by atoms with Crippen molar-refractivity contribution in [2.45, 2.75) is 32.7 Å². The summed E-state index contributed by atoms with van der Waals surface area (Å²) in [5, 5.41) is 1.72. The lowest BCUT2D eigenvalue weighted by Gasteiger charge is -2.09. The number of rotatable bonds is 5. The Morgan fingerprint density at radius 3 is 2.31 bits per heavy atom. The molecule has 1 nitrogen and oxygen atoms in total. The highest BCUT2D eigenvalue weighted by Crippen LogP contribution is 2.38. The molecule has 0 N–H and O–H groups in total. The van der Waals surface area contributed by atoms with Crippen LogP contribution in [-0.2, 0) is 11.3 Å². The third-order valence-corrected chi connectivity index (χ3v) is 5.33. The molecule has 0 aliphatic heterocycles. The van der Waals surface area contributed by atoms with E-state index in [2.05, 4.69) is 43.9 Å². The van der Waals surface area contributed by atoms with Gasteiger partial charge in [0.2, 0.25) is 0 Å². The van der Waals surface area contributed by atoms with E-state index in [-0.39, 0.29) is 0 Å². The van der Waals surface area contributed by atoms with Crippen LogP contribution >= 0.6 is 0 Å². The molecule has 0 saturated carbocycles. The van der Waals surface area contributed by atoms with Crippen LogP contribution in [0.1, 0.15) is 12.0 Å². The summed E-state index contributed by atoms with van der Waals surface area (Å²) in [6.45, 7) is 8.81. The van der Waals surface area contributed by atoms with Crippen molar-refractivity contribution in [3.05, 3.63) is 46.7 Å². The largest absolute Gasteiger partial charge is 0.372 e. The van der Waals surface area contributed by atoms with Crippen LogP contribution < -0.4 is 0 Å². The maximum atomic E-state index is 5.73. The van der Waals surface area contributed by atoms with Crippen molar-refractivity contribution in [3.63, 3.8) is 0 Å². The molecule has 0 bridgehead atoms. The normalized spacial score (nSPS) is 15.4. The molecule has 1 aliphatic carbocycles. The minimum atomic E-state index is -1.02. The van der Waals surface area contributed by atoms with Gasteiger partial charge in [0.1, 0.15) is 0 Å². The molecule has 0 amide bonds. The Morgan fingerprint density at radius 2 is 1.75 bits per heavy atom. The third kappa shape index (κ3) is 3.06. The Hall–Kier alpha value is -0.863. The minimum Gasteiger partial charge on any atom is -0.372 e. The Kier molecular flexibility index (Phi) is 3.31. The van der Waals surface area contributed by atoms with Gasteiger partial charge < -0.3 is 4.74 Å². The van der Waals surface area contributed by atoms with Gasteiger partial charge in [0, 0.05) is 0 Å². The van der Waals surface area contributed by atoms with Gasteiger partial charge in [-0.05, 0) is 17.6 Å². The van der Waals surface area contributed by atoms with E-state index in [0.717, 1.165) is 13.2 Å². The van der Waals surface area contributed by atoms with Crippen LogP contribution in [0.3, 0.4) is 0 Å². The lowest BCUT2D eigenvalue weighted by atomic mass is 10.2. The van der Waals surface area contributed by atoms with Gasteiger partial charge in [0.15, 0.2) is 0 Å². The lowest BCUT2D eigenvalue weighted by Crippen LogP contribution is -2.18. The second kappa shape index (κ2) is 4.56. The van der Waals surface area contributed by atoms with Crippen molar-refractivity contribution in [1.82, 2.24) is 0 Å². The molecule has 0 fully saturated rings. The maximum absolute atomic E-state index is 5.73. The molecule has 0 radical (unpaired) electrons. The van der Waals surface area contributed by atoms with E-state index < -0.39 is 8.07 Å². The molecule has 0 spiro atoms. The molecule has 1 aromatic rings. The van der Waals surface area contributed by atoms with Crippen LogP contribution in [0, 0.1) is 0 Å². The van der Waals surface area contributed by atoms with Crippen molar-refractivity contribution < 1.29 is 4.74 Å². The summed E-state index contributed by atoms with van der Waals surface area (Å²) in [4.78, 5) is 0. The SMILES string of the molecule is C[Si](C)(C)C1=C(COCc2ccccc2)C1. The average molecular weight is 232 g/mol. The van der Waals surface area contributed by atoms with Crippen LogP contribution in [0.15, 0.2) is 41.1 Å². The lowest BCUT2D eigenvalue weighted by molar-refractivity contribution is 0.144. The van der Waals surface area contributed by atoms with E-state index in [1.54, 1.807) is 10.8 Å². The zero-order valence-corrected chi connectivity index (χ0v) is 11.4. The highest BCUT2D eigenvalue weighted by molar-refractivity contribution is 6.84. The number of allylic oxidation sites excluding steroid dienone is 1. The van der Waals surface area contributed by atoms with Crippen molar-refractivity contribution >= 4 is 8.07 Å². The third-order valence-electron chi connectivity index (χ3n) is 2.99. The van der Waals surface area contributed by atoms with Gasteiger partial charge in [-0.25, -0.2) is 0 Å². The van der Waals surface area contributed by atoms with Crippen LogP contribution in [0.25, 0.3) is 0 Å². The summed E-state index contributed by atoms with van der Waals surface area (Å²) in [7, 11) is -1.02. The van der Waals surface area contributed by atoms with E-state index >= 15 is 0 Å². The smallest absolute Gasteiger partial charge is 0.0729 e. The molecule has 1 aromatic carbocycles. The summed E-state index contributed by atoms with van der Waals surface area (Å²) < 4.78 is 5.73. The maximum Gasteiger partial charge on any atom is 0.0729 e. The first-order valence-corrected chi connectivity index (χ1v) is 9.40. The van der Waals surface area contributed by atoms with E-state index in [9.17, 15) is 0 Å². The molecular weight excluding hydrogens is 212 g/mol. The van der Waals surface area contributed by atoms with E-state index in [1.165, 1.54) is 12.0 Å². The molecule has 0 unspecified atom stereocenters. The number of benzene rings is 1. The molecule has 0 aromatic heterocycles. The first-order valence-electron chi connectivity index (χ1n) is 5.90. The predicted octanol–water partition coefficient (Wildman–Crippen LogP) is 3.78. The first kappa shape index (κ1) is 11.6. The van der Waals surface area contributed by atoms with Crippen LogP contribution in [-0.4, -0.2) is 14.7 Å². The highest BCUT2D eigenvalue weighted by atomic mass is 28.3. The Bertz CT molecular complexity index is 387. The Labute approximate surface area is 99.2 Å². The van der Waals surface area contributed by atoms with E-state index in [0.29, 0.717) is 0 Å². The molecule has 2 rings (SSSR count). The standard InChI is InChI=1S/C14H20OSi/c1-16(2,3)14-9-13(14)11-15-10-12-7-5-4-6-8-12/h4-8H,9-11H2,1-3H3. The topological polar surface area (TPSA) is 9.23 Å². The van der Waals surface area contributed by atoms with Gasteiger partial charge in [-0.1, -0.05) is 55.2 Å². The van der Waals surface area contributed by atoms with Crippen LogP contribution in [0.2, 0.25) is 19.6 Å². The quantitative estimate of drug-likeness (QED) is 0.702. The summed E-state index contributed by atoms with van der Waals surface area (Å²) >= 11 is 0. The van der Waals surface area contributed by atoms with Crippen LogP contribution in [0.5, 0.6) is 0 Å². The molecule has 2 heteroatoms. The van der Waals surface area contributed by atoms with Gasteiger partial charge in [0.05, 0.1) is 21.3 Å². The molecular formula is C14H20OSi. The fourth-order valence-electron chi connectivity index (χ4n) is 1.97. The predicted molar refractivity (Wildman–Crippen MR) is 71.1 cm³/mol. The number of ether oxygens (including phenoxy) is 1. The molecule has 0 saturated heterocycles. The van der Waals surface area contributed by atoms with Gasteiger partial charge in [-0.15, -0.1) is 0 Å². The molecule has 16 heavy (non-hydrogen) atoms. The van der Waals surface area contributed by atoms with Gasteiger partial charge in [0.25, 0.3) is 0 Å². The van der Waals surface area contributed by atoms with Gasteiger partial charge >= 0.3 is 0 Å². The van der Waals surface area contributed by atoms with Crippen molar-refractivity contribution in [2.75, 3.05) is 6.61 Å².